The van der Waals surface area contributed by atoms with E-state index in [-0.39, 0.29) is 24.1 Å². The Morgan fingerprint density at radius 2 is 2.28 bits per heavy atom. The third-order valence-electron chi connectivity index (χ3n) is 3.56. The Morgan fingerprint density at radius 3 is 2.78 bits per heavy atom. The molecule has 2 aliphatic heterocycles. The third kappa shape index (κ3) is 1.52. The summed E-state index contributed by atoms with van der Waals surface area (Å²) >= 11 is 1.41. The normalized spacial score (nSPS) is 36.8. The summed E-state index contributed by atoms with van der Waals surface area (Å²) in [6.07, 6.45) is 0.476. The van der Waals surface area contributed by atoms with E-state index in [9.17, 15) is 14.7 Å². The molecular formula is C11H15N3O3S. The lowest BCUT2D eigenvalue weighted by Gasteiger charge is -2.50. The van der Waals surface area contributed by atoms with Gasteiger partial charge in [-0.1, -0.05) is 0 Å². The quantitative estimate of drug-likeness (QED) is 0.705. The molecule has 3 N–H and O–H groups in total. The fourth-order valence-corrected chi connectivity index (χ4v) is 4.32. The molecule has 2 aliphatic rings. The molecule has 2 saturated heterocycles. The maximum Gasteiger partial charge on any atom is 0.327 e. The molecular weight excluding hydrogens is 254 g/mol. The molecule has 3 atom stereocenters. The number of amides is 1. The highest BCUT2D eigenvalue weighted by Gasteiger charge is 2.69. The van der Waals surface area contributed by atoms with E-state index in [0.717, 1.165) is 0 Å². The zero-order chi connectivity index (χ0) is 13.7. The first-order valence-corrected chi connectivity index (χ1v) is 6.53. The van der Waals surface area contributed by atoms with E-state index in [1.54, 1.807) is 13.8 Å². The van der Waals surface area contributed by atoms with E-state index in [1.165, 1.54) is 16.7 Å². The van der Waals surface area contributed by atoms with Crippen molar-refractivity contribution in [2.75, 3.05) is 0 Å². The summed E-state index contributed by atoms with van der Waals surface area (Å²) in [5.41, 5.74) is 4.96. The van der Waals surface area contributed by atoms with Gasteiger partial charge in [-0.05, 0) is 20.3 Å². The highest BCUT2D eigenvalue weighted by molar-refractivity contribution is 8.01. The lowest BCUT2D eigenvalue weighted by atomic mass is 9.82. The fraction of sp³-hybridized carbons (Fsp3) is 0.727. The number of hydrogen-bond acceptors (Lipinski definition) is 5. The van der Waals surface area contributed by atoms with Gasteiger partial charge in [0.15, 0.2) is 0 Å². The second-order valence-corrected chi connectivity index (χ2v) is 6.96. The van der Waals surface area contributed by atoms with Gasteiger partial charge in [0.25, 0.3) is 0 Å². The Labute approximate surface area is 109 Å². The van der Waals surface area contributed by atoms with Crippen LogP contribution in [0.5, 0.6) is 0 Å². The van der Waals surface area contributed by atoms with Gasteiger partial charge in [0.2, 0.25) is 5.91 Å². The molecule has 18 heavy (non-hydrogen) atoms. The molecule has 0 radical (unpaired) electrons. The van der Waals surface area contributed by atoms with Gasteiger partial charge in [-0.15, -0.1) is 11.8 Å². The summed E-state index contributed by atoms with van der Waals surface area (Å²) in [6, 6.07) is 1.12. The van der Waals surface area contributed by atoms with Crippen LogP contribution in [0.1, 0.15) is 26.7 Å². The van der Waals surface area contributed by atoms with Gasteiger partial charge in [-0.2, -0.15) is 5.26 Å². The Kier molecular flexibility index (Phi) is 2.83. The van der Waals surface area contributed by atoms with E-state index in [1.807, 2.05) is 6.07 Å². The molecule has 0 aromatic heterocycles. The monoisotopic (exact) mass is 269 g/mol. The van der Waals surface area contributed by atoms with Gasteiger partial charge in [0.1, 0.15) is 17.0 Å². The maximum absolute atomic E-state index is 12.1. The summed E-state index contributed by atoms with van der Waals surface area (Å²) in [5.74, 6) is -1.36. The summed E-state index contributed by atoms with van der Waals surface area (Å²) < 4.78 is -0.570. The van der Waals surface area contributed by atoms with Crippen LogP contribution in [0.2, 0.25) is 0 Å². The summed E-state index contributed by atoms with van der Waals surface area (Å²) in [7, 11) is 0. The summed E-state index contributed by atoms with van der Waals surface area (Å²) in [4.78, 5) is 24.7. The molecule has 2 fully saturated rings. The van der Waals surface area contributed by atoms with Crippen LogP contribution in [0.15, 0.2) is 0 Å². The van der Waals surface area contributed by atoms with E-state index >= 15 is 0 Å². The number of carbonyl (C=O) groups excluding carboxylic acids is 1. The standard InChI is InChI=1S/C11H15N3O3S/c1-10(2)6(7(15)16)14-8(17)11(13,4-3-5-12)9(14)18-10/h6,9H,3-4,13H2,1-2H3,(H,15,16)/t6-,9+,11?/m0/s1. The van der Waals surface area contributed by atoms with Crippen molar-refractivity contribution < 1.29 is 14.7 Å². The van der Waals surface area contributed by atoms with Crippen LogP contribution in [-0.2, 0) is 9.59 Å². The lowest BCUT2D eigenvalue weighted by Crippen LogP contribution is -2.77. The Hall–Kier alpha value is -1.26. The zero-order valence-electron chi connectivity index (χ0n) is 10.2. The number of hydrogen-bond donors (Lipinski definition) is 2. The minimum atomic E-state index is -1.08. The molecule has 1 unspecified atom stereocenters. The number of nitrogens with zero attached hydrogens (tertiary/aromatic N) is 2. The van der Waals surface area contributed by atoms with Gasteiger partial charge < -0.3 is 15.7 Å². The Balaban J connectivity index is 2.27. The molecule has 0 aromatic carbocycles. The minimum absolute atomic E-state index is 0.200. The molecule has 7 heteroatoms. The number of carbonyl (C=O) groups is 2. The van der Waals surface area contributed by atoms with Crippen molar-refractivity contribution >= 4 is 23.6 Å². The molecule has 0 saturated carbocycles. The van der Waals surface area contributed by atoms with Crippen molar-refractivity contribution in [3.05, 3.63) is 0 Å². The van der Waals surface area contributed by atoms with Crippen molar-refractivity contribution in [2.45, 2.75) is 48.4 Å². The van der Waals surface area contributed by atoms with Crippen molar-refractivity contribution in [3.8, 4) is 6.07 Å². The van der Waals surface area contributed by atoms with Gasteiger partial charge in [0, 0.05) is 11.2 Å². The van der Waals surface area contributed by atoms with Crippen LogP contribution >= 0.6 is 11.8 Å². The molecule has 0 bridgehead atoms. The molecule has 6 nitrogen and oxygen atoms in total. The van der Waals surface area contributed by atoms with Crippen molar-refractivity contribution in [3.63, 3.8) is 0 Å². The first-order valence-electron chi connectivity index (χ1n) is 5.65. The van der Waals surface area contributed by atoms with Crippen LogP contribution in [0.4, 0.5) is 0 Å². The molecule has 0 aromatic rings. The fourth-order valence-electron chi connectivity index (χ4n) is 2.65. The van der Waals surface area contributed by atoms with Crippen LogP contribution in [0, 0.1) is 11.3 Å². The average molecular weight is 269 g/mol. The zero-order valence-corrected chi connectivity index (χ0v) is 11.0. The number of nitrogens with two attached hydrogens (primary N) is 1. The molecule has 0 aliphatic carbocycles. The van der Waals surface area contributed by atoms with Gasteiger partial charge in [-0.3, -0.25) is 4.79 Å². The predicted octanol–water partition coefficient (Wildman–Crippen LogP) is 0.135. The SMILES string of the molecule is CC1(C)S[C@H]2N(C(=O)C2(N)CCC#N)[C@H]1C(=O)O. The molecule has 98 valence electrons. The molecule has 2 heterocycles. The summed E-state index contributed by atoms with van der Waals surface area (Å²) in [5, 5.41) is 17.5. The third-order valence-corrected chi connectivity index (χ3v) is 5.26. The number of carboxylic acid groups (broad SMARTS) is 1. The highest BCUT2D eigenvalue weighted by atomic mass is 32.2. The first-order chi connectivity index (χ1) is 8.25. The number of thioether (sulfide) groups is 1. The number of β-lactam (4-membered cyclic amide) rings is 1. The van der Waals surface area contributed by atoms with E-state index in [2.05, 4.69) is 0 Å². The van der Waals surface area contributed by atoms with Crippen molar-refractivity contribution in [2.24, 2.45) is 5.73 Å². The summed E-state index contributed by atoms with van der Waals surface area (Å²) in [6.45, 7) is 3.60. The van der Waals surface area contributed by atoms with Crippen LogP contribution in [0.25, 0.3) is 0 Å². The predicted molar refractivity (Wildman–Crippen MR) is 65.5 cm³/mol. The van der Waals surface area contributed by atoms with Gasteiger partial charge in [0.05, 0.1) is 6.07 Å². The second kappa shape index (κ2) is 3.87. The van der Waals surface area contributed by atoms with E-state index in [4.69, 9.17) is 11.0 Å². The number of aliphatic carboxylic acids is 1. The highest BCUT2D eigenvalue weighted by Crippen LogP contribution is 2.55. The molecule has 2 rings (SSSR count). The molecule has 1 amide bonds. The lowest BCUT2D eigenvalue weighted by molar-refractivity contribution is -0.165. The minimum Gasteiger partial charge on any atom is -0.480 e. The Bertz CT molecular complexity index is 459. The average Bonchev–Trinajstić information content (AvgIpc) is 2.55. The van der Waals surface area contributed by atoms with Crippen molar-refractivity contribution in [1.29, 1.82) is 5.26 Å². The van der Waals surface area contributed by atoms with Crippen molar-refractivity contribution in [1.82, 2.24) is 4.90 Å². The smallest absolute Gasteiger partial charge is 0.327 e. The van der Waals surface area contributed by atoms with Crippen LogP contribution in [0.3, 0.4) is 0 Å². The number of fused-ring (bicyclic) bond motifs is 1. The van der Waals surface area contributed by atoms with E-state index in [0.29, 0.717) is 0 Å². The molecule has 0 spiro atoms. The Morgan fingerprint density at radius 1 is 1.67 bits per heavy atom. The maximum atomic E-state index is 12.1. The van der Waals surface area contributed by atoms with E-state index < -0.39 is 22.3 Å². The van der Waals surface area contributed by atoms with Crippen LogP contribution in [-0.4, -0.2) is 43.6 Å². The number of carboxylic acids is 1. The van der Waals surface area contributed by atoms with Gasteiger partial charge in [-0.25, -0.2) is 4.79 Å². The number of nitriles is 1. The first kappa shape index (κ1) is 13.2. The topological polar surface area (TPSA) is 107 Å². The van der Waals surface area contributed by atoms with Gasteiger partial charge >= 0.3 is 5.97 Å². The van der Waals surface area contributed by atoms with Crippen LogP contribution < -0.4 is 5.73 Å². The number of rotatable bonds is 3. The second-order valence-electron chi connectivity index (χ2n) is 5.23. The largest absolute Gasteiger partial charge is 0.480 e.